The molecule has 1 fully saturated rings. The molecule has 1 aromatic rings. The zero-order valence-corrected chi connectivity index (χ0v) is 14.7. The maximum Gasteiger partial charge on any atom is 0.332 e. The number of fused-ring (bicyclic) bond motifs is 3. The van der Waals surface area contributed by atoms with Crippen LogP contribution in [0.15, 0.2) is 18.2 Å². The van der Waals surface area contributed by atoms with E-state index in [2.05, 4.69) is 38.2 Å². The van der Waals surface area contributed by atoms with Crippen LogP contribution in [0.1, 0.15) is 67.7 Å². The summed E-state index contributed by atoms with van der Waals surface area (Å²) in [4.78, 5) is 12.0. The van der Waals surface area contributed by atoms with E-state index in [1.165, 1.54) is 41.5 Å². The Morgan fingerprint density at radius 1 is 1.35 bits per heavy atom. The number of hydrogen-bond donors (Lipinski definition) is 1. The van der Waals surface area contributed by atoms with Gasteiger partial charge in [-0.05, 0) is 57.2 Å². The molecule has 23 heavy (non-hydrogen) atoms. The molecule has 1 N–H and O–H groups in total. The molecule has 1 heterocycles. The SMILES string of the molecule is CCOC(=O)/C=C1\N[C@]2(C)CCCC[C@H]2c2c(C)ccc(C)c21. The predicted octanol–water partition coefficient (Wildman–Crippen LogP) is 4.23. The van der Waals surface area contributed by atoms with Gasteiger partial charge in [-0.1, -0.05) is 25.0 Å². The summed E-state index contributed by atoms with van der Waals surface area (Å²) in [7, 11) is 0. The molecular formula is C20H27NO2. The maximum absolute atomic E-state index is 12.0. The van der Waals surface area contributed by atoms with Crippen LogP contribution in [0, 0.1) is 13.8 Å². The highest BCUT2D eigenvalue weighted by Crippen LogP contribution is 2.49. The second-order valence-electron chi connectivity index (χ2n) is 7.14. The summed E-state index contributed by atoms with van der Waals surface area (Å²) >= 11 is 0. The molecule has 2 atom stereocenters. The fourth-order valence-corrected chi connectivity index (χ4v) is 4.37. The number of benzene rings is 1. The molecule has 0 aromatic heterocycles. The first-order valence-electron chi connectivity index (χ1n) is 8.73. The van der Waals surface area contributed by atoms with Crippen molar-refractivity contribution in [3.63, 3.8) is 0 Å². The molecule has 0 amide bonds. The van der Waals surface area contributed by atoms with Crippen LogP contribution in [0.3, 0.4) is 0 Å². The van der Waals surface area contributed by atoms with Crippen molar-refractivity contribution in [3.05, 3.63) is 40.5 Å². The normalized spacial score (nSPS) is 27.8. The van der Waals surface area contributed by atoms with E-state index >= 15 is 0 Å². The van der Waals surface area contributed by atoms with Gasteiger partial charge in [-0.2, -0.15) is 0 Å². The number of nitrogens with one attached hydrogen (secondary N) is 1. The molecule has 0 spiro atoms. The molecule has 0 radical (unpaired) electrons. The first kappa shape index (κ1) is 16.1. The summed E-state index contributed by atoms with van der Waals surface area (Å²) in [6.45, 7) is 8.88. The summed E-state index contributed by atoms with van der Waals surface area (Å²) < 4.78 is 5.14. The molecule has 1 aliphatic heterocycles. The molecule has 3 heteroatoms. The highest BCUT2D eigenvalue weighted by molar-refractivity contribution is 5.93. The molecule has 1 aromatic carbocycles. The number of carbonyl (C=O) groups is 1. The maximum atomic E-state index is 12.0. The summed E-state index contributed by atoms with van der Waals surface area (Å²) in [6.07, 6.45) is 6.53. The van der Waals surface area contributed by atoms with Crippen LogP contribution >= 0.6 is 0 Å². The van der Waals surface area contributed by atoms with E-state index in [1.54, 1.807) is 6.08 Å². The molecule has 0 unspecified atom stereocenters. The van der Waals surface area contributed by atoms with Gasteiger partial charge in [0.25, 0.3) is 0 Å². The first-order valence-corrected chi connectivity index (χ1v) is 8.73. The molecule has 2 aliphatic rings. The van der Waals surface area contributed by atoms with E-state index in [1.807, 2.05) is 6.92 Å². The third kappa shape index (κ3) is 2.77. The summed E-state index contributed by atoms with van der Waals surface area (Å²) in [5.41, 5.74) is 6.16. The minimum Gasteiger partial charge on any atom is -0.463 e. The highest BCUT2D eigenvalue weighted by atomic mass is 16.5. The third-order valence-electron chi connectivity index (χ3n) is 5.47. The molecular weight excluding hydrogens is 286 g/mol. The van der Waals surface area contributed by atoms with Gasteiger partial charge in [0, 0.05) is 28.8 Å². The summed E-state index contributed by atoms with van der Waals surface area (Å²) in [6, 6.07) is 4.37. The molecule has 0 saturated heterocycles. The van der Waals surface area contributed by atoms with Crippen molar-refractivity contribution in [3.8, 4) is 0 Å². The van der Waals surface area contributed by atoms with Crippen LogP contribution in [0.5, 0.6) is 0 Å². The summed E-state index contributed by atoms with van der Waals surface area (Å²) in [5.74, 6) is 0.255. The lowest BCUT2D eigenvalue weighted by atomic mass is 9.65. The van der Waals surface area contributed by atoms with Crippen molar-refractivity contribution in [1.82, 2.24) is 5.32 Å². The van der Waals surface area contributed by atoms with E-state index in [0.29, 0.717) is 12.5 Å². The number of esters is 1. The molecule has 1 aliphatic carbocycles. The predicted molar refractivity (Wildman–Crippen MR) is 93.3 cm³/mol. The topological polar surface area (TPSA) is 38.3 Å². The Morgan fingerprint density at radius 3 is 2.83 bits per heavy atom. The fourth-order valence-electron chi connectivity index (χ4n) is 4.37. The Kier molecular flexibility index (Phi) is 4.22. The molecule has 3 nitrogen and oxygen atoms in total. The van der Waals surface area contributed by atoms with Crippen LogP contribution in [-0.2, 0) is 9.53 Å². The lowest BCUT2D eigenvalue weighted by molar-refractivity contribution is -0.137. The second-order valence-corrected chi connectivity index (χ2v) is 7.14. The summed E-state index contributed by atoms with van der Waals surface area (Å²) in [5, 5.41) is 3.71. The smallest absolute Gasteiger partial charge is 0.332 e. The second kappa shape index (κ2) is 6.03. The number of ether oxygens (including phenoxy) is 1. The Balaban J connectivity index is 2.17. The van der Waals surface area contributed by atoms with Gasteiger partial charge in [0.15, 0.2) is 0 Å². The minimum atomic E-state index is -0.264. The van der Waals surface area contributed by atoms with Gasteiger partial charge in [-0.15, -0.1) is 0 Å². The molecule has 0 bridgehead atoms. The van der Waals surface area contributed by atoms with Crippen LogP contribution < -0.4 is 5.32 Å². The molecule has 124 valence electrons. The Labute approximate surface area is 139 Å². The van der Waals surface area contributed by atoms with Crippen LogP contribution in [0.4, 0.5) is 0 Å². The average molecular weight is 313 g/mol. The number of hydrogen-bond acceptors (Lipinski definition) is 3. The fraction of sp³-hybridized carbons (Fsp3) is 0.550. The van der Waals surface area contributed by atoms with Crippen LogP contribution in [0.25, 0.3) is 5.70 Å². The Morgan fingerprint density at radius 2 is 2.09 bits per heavy atom. The van der Waals surface area contributed by atoms with Gasteiger partial charge in [-0.25, -0.2) is 4.79 Å². The largest absolute Gasteiger partial charge is 0.463 e. The van der Waals surface area contributed by atoms with Crippen LogP contribution in [0.2, 0.25) is 0 Å². The van der Waals surface area contributed by atoms with E-state index in [4.69, 9.17) is 4.74 Å². The number of aryl methyl sites for hydroxylation is 2. The molecule has 3 rings (SSSR count). The first-order chi connectivity index (χ1) is 11.0. The standard InChI is InChI=1S/C20H27NO2/c1-5-23-17(22)12-16-19-14(3)10-9-13(2)18(19)15-8-6-7-11-20(15,4)21-16/h9-10,12,15,21H,5-8,11H2,1-4H3/b16-12-/t15-,20+/m0/s1. The van der Waals surface area contributed by atoms with Gasteiger partial charge < -0.3 is 10.1 Å². The van der Waals surface area contributed by atoms with E-state index in [-0.39, 0.29) is 11.5 Å². The minimum absolute atomic E-state index is 0.0299. The zero-order valence-electron chi connectivity index (χ0n) is 14.7. The lowest BCUT2D eigenvalue weighted by Gasteiger charge is -2.49. The van der Waals surface area contributed by atoms with E-state index in [0.717, 1.165) is 12.1 Å². The van der Waals surface area contributed by atoms with Crippen LogP contribution in [-0.4, -0.2) is 18.1 Å². The van der Waals surface area contributed by atoms with Gasteiger partial charge in [-0.3, -0.25) is 0 Å². The van der Waals surface area contributed by atoms with Crippen molar-refractivity contribution in [2.45, 2.75) is 64.8 Å². The lowest BCUT2D eigenvalue weighted by Crippen LogP contribution is -2.52. The number of carbonyl (C=O) groups excluding carboxylic acids is 1. The Hall–Kier alpha value is -1.77. The van der Waals surface area contributed by atoms with Crippen molar-refractivity contribution in [1.29, 1.82) is 0 Å². The number of rotatable bonds is 2. The van der Waals surface area contributed by atoms with E-state index in [9.17, 15) is 4.79 Å². The van der Waals surface area contributed by atoms with Gasteiger partial charge in [0.05, 0.1) is 6.61 Å². The highest BCUT2D eigenvalue weighted by Gasteiger charge is 2.43. The molecule has 1 saturated carbocycles. The average Bonchev–Trinajstić information content (AvgIpc) is 2.49. The van der Waals surface area contributed by atoms with E-state index < -0.39 is 0 Å². The quantitative estimate of drug-likeness (QED) is 0.656. The Bertz CT molecular complexity index is 662. The van der Waals surface area contributed by atoms with Crippen molar-refractivity contribution >= 4 is 11.7 Å². The van der Waals surface area contributed by atoms with Gasteiger partial charge in [0.1, 0.15) is 0 Å². The zero-order chi connectivity index (χ0) is 16.6. The van der Waals surface area contributed by atoms with Gasteiger partial charge >= 0.3 is 5.97 Å². The monoisotopic (exact) mass is 313 g/mol. The third-order valence-corrected chi connectivity index (χ3v) is 5.47. The van der Waals surface area contributed by atoms with Crippen molar-refractivity contribution in [2.24, 2.45) is 0 Å². The van der Waals surface area contributed by atoms with Crippen molar-refractivity contribution < 1.29 is 9.53 Å². The van der Waals surface area contributed by atoms with Crippen molar-refractivity contribution in [2.75, 3.05) is 6.61 Å². The van der Waals surface area contributed by atoms with Gasteiger partial charge in [0.2, 0.25) is 0 Å².